The van der Waals surface area contributed by atoms with Gasteiger partial charge < -0.3 is 21.5 Å². The van der Waals surface area contributed by atoms with Gasteiger partial charge in [0.15, 0.2) is 0 Å². The zero-order chi connectivity index (χ0) is 25.8. The highest BCUT2D eigenvalue weighted by molar-refractivity contribution is 6.35. The summed E-state index contributed by atoms with van der Waals surface area (Å²) in [6.07, 6.45) is 5.59. The van der Waals surface area contributed by atoms with E-state index in [9.17, 15) is 9.65 Å². The zero-order valence-electron chi connectivity index (χ0n) is 19.9. The molecule has 5 rings (SSSR count). The zero-order valence-corrected chi connectivity index (χ0v) is 20.6. The molecule has 2 aromatic heterocycles. The van der Waals surface area contributed by atoms with Gasteiger partial charge in [-0.15, -0.1) is 0 Å². The molecule has 1 aliphatic heterocycles. The Kier molecular flexibility index (Phi) is 7.03. The lowest BCUT2D eigenvalue weighted by Crippen LogP contribution is -2.34. The third-order valence-corrected chi connectivity index (χ3v) is 6.47. The lowest BCUT2D eigenvalue weighted by atomic mass is 10.0. The number of halogens is 2. The molecule has 0 radical (unpaired) electrons. The normalized spacial score (nSPS) is 14.2. The summed E-state index contributed by atoms with van der Waals surface area (Å²) in [7, 11) is 0. The molecule has 1 unspecified atom stereocenters. The second kappa shape index (κ2) is 10.7. The van der Waals surface area contributed by atoms with Crippen molar-refractivity contribution in [3.8, 4) is 6.07 Å². The number of anilines is 2. The molecule has 37 heavy (non-hydrogen) atoms. The summed E-state index contributed by atoms with van der Waals surface area (Å²) in [6, 6.07) is 18.6. The molecule has 0 saturated carbocycles. The van der Waals surface area contributed by atoms with E-state index in [-0.39, 0.29) is 6.04 Å². The minimum Gasteiger partial charge on any atom is -0.377 e. The van der Waals surface area contributed by atoms with Crippen LogP contribution >= 0.6 is 11.6 Å². The largest absolute Gasteiger partial charge is 0.377 e. The topological polar surface area (TPSA) is 110 Å². The number of nitrogens with zero attached hydrogens (tertiary/aromatic N) is 3. The monoisotopic (exact) mass is 514 g/mol. The van der Waals surface area contributed by atoms with E-state index in [0.717, 1.165) is 23.2 Å². The van der Waals surface area contributed by atoms with Gasteiger partial charge in [-0.2, -0.15) is 15.2 Å². The first-order valence-electron chi connectivity index (χ1n) is 11.8. The Bertz CT molecular complexity index is 1480. The SMILES string of the molecule is CC[C@@H](Nc1c(C#N)cnc2c(Cl)cc(NC(C3=CNNN3)c3ccc(F)nc3)cc12)c1ccccc1. The van der Waals surface area contributed by atoms with Crippen LogP contribution in [0.3, 0.4) is 0 Å². The maximum Gasteiger partial charge on any atom is 0.212 e. The van der Waals surface area contributed by atoms with Gasteiger partial charge in [0.1, 0.15) is 6.07 Å². The van der Waals surface area contributed by atoms with Crippen molar-refractivity contribution in [2.24, 2.45) is 0 Å². The van der Waals surface area contributed by atoms with E-state index in [2.05, 4.69) is 62.1 Å². The summed E-state index contributed by atoms with van der Waals surface area (Å²) < 4.78 is 13.5. The Hall–Kier alpha value is -4.39. The van der Waals surface area contributed by atoms with Crippen molar-refractivity contribution >= 4 is 33.9 Å². The predicted octanol–water partition coefficient (Wildman–Crippen LogP) is 5.46. The Morgan fingerprint density at radius 2 is 1.89 bits per heavy atom. The molecule has 1 aliphatic rings. The smallest absolute Gasteiger partial charge is 0.212 e. The van der Waals surface area contributed by atoms with Crippen molar-refractivity contribution in [1.29, 1.82) is 5.26 Å². The summed E-state index contributed by atoms with van der Waals surface area (Å²) in [5.41, 5.74) is 13.7. The average Bonchev–Trinajstić information content (AvgIpc) is 3.46. The summed E-state index contributed by atoms with van der Waals surface area (Å²) in [5, 5.41) is 18.1. The molecule has 10 heteroatoms. The lowest BCUT2D eigenvalue weighted by molar-refractivity contribution is 0.574. The quantitative estimate of drug-likeness (QED) is 0.197. The Morgan fingerprint density at radius 1 is 1.05 bits per heavy atom. The number of hydrogen-bond donors (Lipinski definition) is 5. The maximum atomic E-state index is 13.5. The number of fused-ring (bicyclic) bond motifs is 1. The fraction of sp³-hybridized carbons (Fsp3) is 0.148. The summed E-state index contributed by atoms with van der Waals surface area (Å²) in [6.45, 7) is 2.09. The van der Waals surface area contributed by atoms with E-state index in [1.54, 1.807) is 24.5 Å². The van der Waals surface area contributed by atoms with Crippen molar-refractivity contribution in [3.63, 3.8) is 0 Å². The number of hydrazine groups is 2. The van der Waals surface area contributed by atoms with Gasteiger partial charge in [0.25, 0.3) is 0 Å². The molecule has 0 amide bonds. The summed E-state index contributed by atoms with van der Waals surface area (Å²) >= 11 is 6.70. The van der Waals surface area contributed by atoms with Gasteiger partial charge in [-0.1, -0.05) is 54.9 Å². The number of pyridine rings is 2. The number of rotatable bonds is 8. The lowest BCUT2D eigenvalue weighted by Gasteiger charge is -2.23. The maximum absolute atomic E-state index is 13.5. The van der Waals surface area contributed by atoms with Crippen molar-refractivity contribution in [3.05, 3.63) is 107 Å². The average molecular weight is 515 g/mol. The Morgan fingerprint density at radius 3 is 2.57 bits per heavy atom. The molecule has 0 aliphatic carbocycles. The number of benzene rings is 2. The standard InChI is InChI=1S/C27H24ClFN8/c1-2-22(16-6-4-3-5-7-16)35-25-18(12-30)14-32-27-20(25)10-19(11-21(27)28)34-26(23-15-33-37-36-23)17-8-9-24(29)31-13-17/h3-11,13-15,22,26,33-34,36-37H,2H2,1H3,(H,32,35)/t22-,26?/m1/s1. The molecule has 8 nitrogen and oxygen atoms in total. The van der Waals surface area contributed by atoms with Crippen LogP contribution < -0.4 is 27.0 Å². The Labute approximate surface area is 218 Å². The van der Waals surface area contributed by atoms with Crippen molar-refractivity contribution in [2.75, 3.05) is 10.6 Å². The number of nitriles is 1. The van der Waals surface area contributed by atoms with Crippen LogP contribution in [0.2, 0.25) is 5.02 Å². The van der Waals surface area contributed by atoms with Gasteiger partial charge in [-0.3, -0.25) is 4.98 Å². The van der Waals surface area contributed by atoms with Gasteiger partial charge in [0, 0.05) is 29.7 Å². The second-order valence-corrected chi connectivity index (χ2v) is 8.92. The molecule has 186 valence electrons. The molecule has 0 bridgehead atoms. The number of nitrogens with one attached hydrogen (secondary N) is 5. The van der Waals surface area contributed by atoms with Gasteiger partial charge in [-0.25, -0.2) is 4.98 Å². The molecule has 0 fully saturated rings. The van der Waals surface area contributed by atoms with E-state index in [1.165, 1.54) is 12.3 Å². The number of hydrogen-bond acceptors (Lipinski definition) is 8. The summed E-state index contributed by atoms with van der Waals surface area (Å²) in [5.74, 6) is -0.560. The first-order valence-corrected chi connectivity index (χ1v) is 12.1. The van der Waals surface area contributed by atoms with Crippen molar-refractivity contribution < 1.29 is 4.39 Å². The van der Waals surface area contributed by atoms with Crippen LogP contribution in [-0.4, -0.2) is 9.97 Å². The molecule has 5 N–H and O–H groups in total. The van der Waals surface area contributed by atoms with Crippen LogP contribution in [-0.2, 0) is 0 Å². The molecular formula is C27H24ClFN8. The van der Waals surface area contributed by atoms with Crippen LogP contribution in [0.1, 0.15) is 42.1 Å². The van der Waals surface area contributed by atoms with Gasteiger partial charge in [-0.05, 0) is 35.7 Å². The van der Waals surface area contributed by atoms with E-state index < -0.39 is 12.0 Å². The Balaban J connectivity index is 1.58. The highest BCUT2D eigenvalue weighted by Crippen LogP contribution is 2.37. The van der Waals surface area contributed by atoms with Crippen molar-refractivity contribution in [1.82, 2.24) is 26.4 Å². The first kappa shape index (κ1) is 24.3. The van der Waals surface area contributed by atoms with Gasteiger partial charge >= 0.3 is 0 Å². The summed E-state index contributed by atoms with van der Waals surface area (Å²) in [4.78, 5) is 8.27. The van der Waals surface area contributed by atoms with Gasteiger partial charge in [0.2, 0.25) is 5.95 Å². The highest BCUT2D eigenvalue weighted by Gasteiger charge is 2.22. The van der Waals surface area contributed by atoms with E-state index in [4.69, 9.17) is 11.6 Å². The fourth-order valence-electron chi connectivity index (χ4n) is 4.34. The minimum absolute atomic E-state index is 0.0164. The minimum atomic E-state index is -0.560. The van der Waals surface area contributed by atoms with Crippen LogP contribution in [0.15, 0.2) is 78.9 Å². The van der Waals surface area contributed by atoms with E-state index in [0.29, 0.717) is 32.9 Å². The van der Waals surface area contributed by atoms with E-state index >= 15 is 0 Å². The number of aromatic nitrogens is 2. The molecule has 4 aromatic rings. The molecule has 0 saturated heterocycles. The molecule has 0 spiro atoms. The van der Waals surface area contributed by atoms with E-state index in [1.807, 2.05) is 24.3 Å². The predicted molar refractivity (Wildman–Crippen MR) is 143 cm³/mol. The molecule has 3 heterocycles. The van der Waals surface area contributed by atoms with Crippen LogP contribution in [0.5, 0.6) is 0 Å². The second-order valence-electron chi connectivity index (χ2n) is 8.51. The first-order chi connectivity index (χ1) is 18.1. The van der Waals surface area contributed by atoms with Crippen LogP contribution in [0.4, 0.5) is 15.8 Å². The van der Waals surface area contributed by atoms with Crippen LogP contribution in [0, 0.1) is 17.3 Å². The third kappa shape index (κ3) is 5.11. The third-order valence-electron chi connectivity index (χ3n) is 6.19. The van der Waals surface area contributed by atoms with Crippen LogP contribution in [0.25, 0.3) is 10.9 Å². The highest BCUT2D eigenvalue weighted by atomic mass is 35.5. The molecule has 2 atom stereocenters. The fourth-order valence-corrected chi connectivity index (χ4v) is 4.61. The molecular weight excluding hydrogens is 491 g/mol. The molecule has 2 aromatic carbocycles. The van der Waals surface area contributed by atoms with Gasteiger partial charge in [0.05, 0.1) is 39.6 Å². The van der Waals surface area contributed by atoms with Crippen molar-refractivity contribution in [2.45, 2.75) is 25.4 Å².